The fourth-order valence-corrected chi connectivity index (χ4v) is 3.34. The van der Waals surface area contributed by atoms with E-state index in [9.17, 15) is 26.6 Å². The highest BCUT2D eigenvalue weighted by atomic mass is 32.2. The smallest absolute Gasteiger partial charge is 0.268 e. The van der Waals surface area contributed by atoms with E-state index in [0.29, 0.717) is 6.42 Å². The molecule has 1 unspecified atom stereocenters. The minimum atomic E-state index is -4.54. The first-order valence-electron chi connectivity index (χ1n) is 8.30. The summed E-state index contributed by atoms with van der Waals surface area (Å²) in [6.07, 6.45) is -3.78. The van der Waals surface area contributed by atoms with E-state index >= 15 is 0 Å². The number of hydrogen-bond donors (Lipinski definition) is 1. The number of aromatic amines is 1. The van der Waals surface area contributed by atoms with Crippen molar-refractivity contribution < 1.29 is 21.8 Å². The molecule has 0 amide bonds. The van der Waals surface area contributed by atoms with E-state index in [1.807, 2.05) is 13.8 Å². The number of alkyl halides is 3. The molecule has 9 heteroatoms. The zero-order valence-corrected chi connectivity index (χ0v) is 15.9. The largest absolute Gasteiger partial charge is 0.394 e. The van der Waals surface area contributed by atoms with Gasteiger partial charge in [-0.2, -0.15) is 18.3 Å². The molecule has 0 aliphatic heterocycles. The molecule has 0 fully saturated rings. The summed E-state index contributed by atoms with van der Waals surface area (Å²) in [5.74, 6) is -0.584. The number of rotatable bonds is 6. The Morgan fingerprint density at radius 2 is 1.93 bits per heavy atom. The molecule has 0 bridgehead atoms. The van der Waals surface area contributed by atoms with Crippen LogP contribution in [0.1, 0.15) is 31.5 Å². The number of H-pyrrole nitrogens is 1. The van der Waals surface area contributed by atoms with Crippen LogP contribution < -0.4 is 5.56 Å². The van der Waals surface area contributed by atoms with Gasteiger partial charge in [0.15, 0.2) is 0 Å². The molecule has 1 heterocycles. The van der Waals surface area contributed by atoms with E-state index in [1.165, 1.54) is 18.4 Å². The van der Waals surface area contributed by atoms with Gasteiger partial charge < -0.3 is 0 Å². The molecule has 0 spiro atoms. The van der Waals surface area contributed by atoms with Crippen LogP contribution >= 0.6 is 0 Å². The maximum absolute atomic E-state index is 14.3. The van der Waals surface area contributed by atoms with Gasteiger partial charge >= 0.3 is 6.18 Å². The Hall–Kier alpha value is -2.03. The molecular weight excluding hydrogens is 384 g/mol. The number of nitrogens with one attached hydrogen (secondary N) is 1. The third-order valence-electron chi connectivity index (χ3n) is 4.03. The Morgan fingerprint density at radius 1 is 1.26 bits per heavy atom. The molecule has 1 atom stereocenters. The second kappa shape index (κ2) is 8.33. The van der Waals surface area contributed by atoms with Crippen molar-refractivity contribution in [3.8, 4) is 11.1 Å². The van der Waals surface area contributed by atoms with Crippen LogP contribution in [0.15, 0.2) is 27.9 Å². The predicted octanol–water partition coefficient (Wildman–Crippen LogP) is 4.01. The Balaban J connectivity index is 2.69. The molecule has 0 saturated heterocycles. The van der Waals surface area contributed by atoms with Crippen molar-refractivity contribution in [2.24, 2.45) is 5.92 Å². The summed E-state index contributed by atoms with van der Waals surface area (Å²) in [7, 11) is -1.58. The highest BCUT2D eigenvalue weighted by molar-refractivity contribution is 7.84. The fraction of sp³-hybridized carbons (Fsp3) is 0.444. The zero-order valence-electron chi connectivity index (χ0n) is 15.1. The molecule has 2 aromatic rings. The van der Waals surface area contributed by atoms with E-state index in [4.69, 9.17) is 0 Å². The Kier molecular flexibility index (Phi) is 6.56. The molecule has 1 aromatic heterocycles. The average molecular weight is 404 g/mol. The topological polar surface area (TPSA) is 62.8 Å². The van der Waals surface area contributed by atoms with E-state index < -0.39 is 34.8 Å². The van der Waals surface area contributed by atoms with Crippen molar-refractivity contribution in [3.63, 3.8) is 0 Å². The Labute approximate surface area is 156 Å². The van der Waals surface area contributed by atoms with Crippen molar-refractivity contribution in [1.82, 2.24) is 10.2 Å². The van der Waals surface area contributed by atoms with Crippen molar-refractivity contribution in [2.45, 2.75) is 44.2 Å². The quantitative estimate of drug-likeness (QED) is 0.740. The lowest BCUT2D eigenvalue weighted by atomic mass is 9.93. The van der Waals surface area contributed by atoms with Crippen LogP contribution in [-0.2, 0) is 23.6 Å². The summed E-state index contributed by atoms with van der Waals surface area (Å²) in [6, 6.07) is 3.63. The molecule has 4 nitrogen and oxygen atoms in total. The Morgan fingerprint density at radius 3 is 2.44 bits per heavy atom. The van der Waals surface area contributed by atoms with Crippen molar-refractivity contribution in [3.05, 3.63) is 45.6 Å². The van der Waals surface area contributed by atoms with Gasteiger partial charge in [0.05, 0.1) is 27.8 Å². The molecule has 0 aliphatic rings. The van der Waals surface area contributed by atoms with E-state index in [-0.39, 0.29) is 39.6 Å². The molecule has 1 N–H and O–H groups in total. The van der Waals surface area contributed by atoms with Crippen LogP contribution in [0.25, 0.3) is 11.1 Å². The first kappa shape index (κ1) is 21.3. The van der Waals surface area contributed by atoms with Crippen LogP contribution in [0, 0.1) is 11.7 Å². The molecule has 148 valence electrons. The number of halogens is 4. The molecular formula is C18H20F4N2O2S. The summed E-state index contributed by atoms with van der Waals surface area (Å²) < 4.78 is 64.8. The van der Waals surface area contributed by atoms with Gasteiger partial charge in [-0.1, -0.05) is 19.9 Å². The monoisotopic (exact) mass is 404 g/mol. The Bertz CT molecular complexity index is 907. The van der Waals surface area contributed by atoms with Crippen LogP contribution in [0.4, 0.5) is 17.6 Å². The van der Waals surface area contributed by atoms with Crippen molar-refractivity contribution >= 4 is 10.8 Å². The maximum Gasteiger partial charge on any atom is 0.394 e. The number of nitrogens with zero attached hydrogens (tertiary/aromatic N) is 1. The predicted molar refractivity (Wildman–Crippen MR) is 95.5 cm³/mol. The van der Waals surface area contributed by atoms with E-state index in [1.54, 1.807) is 0 Å². The lowest BCUT2D eigenvalue weighted by molar-refractivity contribution is -0.127. The first-order chi connectivity index (χ1) is 12.5. The minimum Gasteiger partial charge on any atom is -0.268 e. The lowest BCUT2D eigenvalue weighted by Crippen LogP contribution is -2.22. The van der Waals surface area contributed by atoms with Gasteiger partial charge in [-0.25, -0.2) is 9.49 Å². The summed E-state index contributed by atoms with van der Waals surface area (Å²) in [5, 5.41) is 5.70. The van der Waals surface area contributed by atoms with Gasteiger partial charge in [-0.15, -0.1) is 0 Å². The van der Waals surface area contributed by atoms with Gasteiger partial charge in [0, 0.05) is 17.4 Å². The van der Waals surface area contributed by atoms with Gasteiger partial charge in [-0.05, 0) is 36.5 Å². The molecule has 1 aromatic carbocycles. The van der Waals surface area contributed by atoms with E-state index in [0.717, 1.165) is 6.07 Å². The second-order valence-corrected chi connectivity index (χ2v) is 8.02. The van der Waals surface area contributed by atoms with Gasteiger partial charge in [-0.3, -0.25) is 9.00 Å². The maximum atomic E-state index is 14.3. The molecule has 0 radical (unpaired) electrons. The first-order valence-corrected chi connectivity index (χ1v) is 9.86. The molecule has 2 rings (SSSR count). The highest BCUT2D eigenvalue weighted by Gasteiger charge is 2.31. The zero-order chi connectivity index (χ0) is 20.4. The summed E-state index contributed by atoms with van der Waals surface area (Å²) >= 11 is 0. The third-order valence-corrected chi connectivity index (χ3v) is 4.98. The third kappa shape index (κ3) is 5.47. The molecule has 0 saturated carbocycles. The van der Waals surface area contributed by atoms with Gasteiger partial charge in [0.2, 0.25) is 0 Å². The standard InChI is InChI=1S/C18H20F4N2O2S/c1-10(2)4-6-12-16(11-5-7-15(27(3)26)13(19)8-11)14(9-18(20,21)22)23-24-17(12)25/h5,7-8,10H,4,6,9H2,1-3H3,(H,24,25). The van der Waals surface area contributed by atoms with Gasteiger partial charge in [0.25, 0.3) is 5.56 Å². The van der Waals surface area contributed by atoms with Crippen LogP contribution in [0.2, 0.25) is 0 Å². The molecule has 27 heavy (non-hydrogen) atoms. The fourth-order valence-electron chi connectivity index (χ4n) is 2.75. The minimum absolute atomic E-state index is 0.0101. The second-order valence-electron chi connectivity index (χ2n) is 6.68. The van der Waals surface area contributed by atoms with Crippen LogP contribution in [0.5, 0.6) is 0 Å². The summed E-state index contributed by atoms with van der Waals surface area (Å²) in [4.78, 5) is 12.2. The van der Waals surface area contributed by atoms with Gasteiger partial charge in [0.1, 0.15) is 5.82 Å². The highest BCUT2D eigenvalue weighted by Crippen LogP contribution is 2.32. The summed E-state index contributed by atoms with van der Waals surface area (Å²) in [5.41, 5.74) is -0.726. The SMILES string of the molecule is CC(C)CCc1c(-c2ccc(S(C)=O)c(F)c2)c(CC(F)(F)F)n[nH]c1=O. The average Bonchev–Trinajstić information content (AvgIpc) is 2.53. The lowest BCUT2D eigenvalue weighted by Gasteiger charge is -2.16. The number of aromatic nitrogens is 2. The van der Waals surface area contributed by atoms with Crippen LogP contribution in [-0.4, -0.2) is 26.8 Å². The normalized spacial score (nSPS) is 13.2. The van der Waals surface area contributed by atoms with Crippen molar-refractivity contribution in [2.75, 3.05) is 6.26 Å². The van der Waals surface area contributed by atoms with Crippen LogP contribution in [0.3, 0.4) is 0 Å². The molecule has 0 aliphatic carbocycles. The van der Waals surface area contributed by atoms with E-state index in [2.05, 4.69) is 10.2 Å². The number of hydrogen-bond acceptors (Lipinski definition) is 3. The number of benzene rings is 1. The summed E-state index contributed by atoms with van der Waals surface area (Å²) in [6.45, 7) is 3.85. The van der Waals surface area contributed by atoms with Crippen molar-refractivity contribution in [1.29, 1.82) is 0 Å².